The Morgan fingerprint density at radius 1 is 1.41 bits per heavy atom. The zero-order valence-corrected chi connectivity index (χ0v) is 13.6. The summed E-state index contributed by atoms with van der Waals surface area (Å²) in [5, 5.41) is 3.35. The Bertz CT molecular complexity index is 538. The molecule has 0 amide bonds. The lowest BCUT2D eigenvalue weighted by molar-refractivity contribution is 0.0927. The van der Waals surface area contributed by atoms with Gasteiger partial charge in [-0.1, -0.05) is 13.3 Å². The van der Waals surface area contributed by atoms with Crippen LogP contribution in [0.2, 0.25) is 0 Å². The molecule has 1 fully saturated rings. The number of ketones is 1. The van der Waals surface area contributed by atoms with Crippen LogP contribution >= 0.6 is 0 Å². The normalized spacial score (nSPS) is 24.5. The molecular formula is C18H26N2O2. The predicted molar refractivity (Wildman–Crippen MR) is 89.0 cm³/mol. The van der Waals surface area contributed by atoms with Gasteiger partial charge < -0.3 is 15.0 Å². The predicted octanol–water partition coefficient (Wildman–Crippen LogP) is 3.01. The second kappa shape index (κ2) is 6.69. The van der Waals surface area contributed by atoms with Crippen LogP contribution in [-0.2, 0) is 0 Å². The van der Waals surface area contributed by atoms with Gasteiger partial charge in [-0.15, -0.1) is 0 Å². The molecule has 3 rings (SSSR count). The third-order valence-electron chi connectivity index (χ3n) is 4.51. The lowest BCUT2D eigenvalue weighted by Crippen LogP contribution is -2.41. The first-order valence-corrected chi connectivity index (χ1v) is 8.52. The van der Waals surface area contributed by atoms with Crippen molar-refractivity contribution in [1.29, 1.82) is 0 Å². The summed E-state index contributed by atoms with van der Waals surface area (Å²) in [4.78, 5) is 15.0. The summed E-state index contributed by atoms with van der Waals surface area (Å²) in [5.41, 5.74) is 1.87. The number of fused-ring (bicyclic) bond motifs is 1. The van der Waals surface area contributed by atoms with Crippen LogP contribution in [0, 0.1) is 0 Å². The highest BCUT2D eigenvalue weighted by Gasteiger charge is 2.26. The van der Waals surface area contributed by atoms with Crippen molar-refractivity contribution in [1.82, 2.24) is 5.32 Å². The molecule has 0 saturated carbocycles. The maximum Gasteiger partial charge on any atom is 0.179 e. The van der Waals surface area contributed by atoms with E-state index in [1.807, 2.05) is 18.2 Å². The van der Waals surface area contributed by atoms with Crippen molar-refractivity contribution >= 4 is 11.5 Å². The van der Waals surface area contributed by atoms with E-state index in [0.29, 0.717) is 0 Å². The van der Waals surface area contributed by atoms with Crippen molar-refractivity contribution in [3.63, 3.8) is 0 Å². The number of carbonyl (C=O) groups is 1. The minimum Gasteiger partial charge on any atom is -0.487 e. The summed E-state index contributed by atoms with van der Waals surface area (Å²) < 4.78 is 5.92. The number of Topliss-reactive ketones (excluding diaryl/α,β-unsaturated/α-hetero) is 1. The highest BCUT2D eigenvalue weighted by molar-refractivity contribution is 6.01. The molecular weight excluding hydrogens is 276 g/mol. The molecule has 2 heterocycles. The van der Waals surface area contributed by atoms with Gasteiger partial charge >= 0.3 is 0 Å². The van der Waals surface area contributed by atoms with Crippen LogP contribution in [0.1, 0.15) is 49.9 Å². The largest absolute Gasteiger partial charge is 0.487 e. The first-order chi connectivity index (χ1) is 10.7. The number of carbonyl (C=O) groups excluding carboxylic acids is 1. The van der Waals surface area contributed by atoms with Gasteiger partial charge in [-0.05, 0) is 50.9 Å². The number of benzene rings is 1. The number of piperidine rings is 1. The minimum absolute atomic E-state index is 0.0187. The van der Waals surface area contributed by atoms with Gasteiger partial charge in [-0.3, -0.25) is 4.79 Å². The molecule has 2 unspecified atom stereocenters. The number of hydrogen-bond acceptors (Lipinski definition) is 4. The van der Waals surface area contributed by atoms with Gasteiger partial charge in [0.05, 0.1) is 18.3 Å². The molecule has 120 valence electrons. The Balaban J connectivity index is 1.85. The molecule has 1 aromatic carbocycles. The number of nitrogens with zero attached hydrogens (tertiary/aromatic N) is 1. The maximum absolute atomic E-state index is 12.7. The summed E-state index contributed by atoms with van der Waals surface area (Å²) in [6, 6.07) is 5.88. The smallest absolute Gasteiger partial charge is 0.179 e. The summed E-state index contributed by atoms with van der Waals surface area (Å²) in [6.07, 6.45) is 4.54. The molecule has 2 atom stereocenters. The van der Waals surface area contributed by atoms with Gasteiger partial charge in [0.15, 0.2) is 5.78 Å². The molecule has 2 aliphatic heterocycles. The number of ether oxygens (including phenoxy) is 1. The number of hydrogen-bond donors (Lipinski definition) is 1. The Hall–Kier alpha value is -1.55. The number of anilines is 1. The van der Waals surface area contributed by atoms with E-state index in [9.17, 15) is 4.79 Å². The molecule has 1 saturated heterocycles. The molecule has 0 aromatic heterocycles. The van der Waals surface area contributed by atoms with Crippen LogP contribution < -0.4 is 15.0 Å². The average molecular weight is 302 g/mol. The van der Waals surface area contributed by atoms with E-state index in [1.54, 1.807) is 0 Å². The fourth-order valence-electron chi connectivity index (χ4n) is 3.44. The summed E-state index contributed by atoms with van der Waals surface area (Å²) in [7, 11) is 0. The first kappa shape index (κ1) is 15.3. The van der Waals surface area contributed by atoms with Gasteiger partial charge in [-0.25, -0.2) is 0 Å². The lowest BCUT2D eigenvalue weighted by Gasteiger charge is -2.35. The van der Waals surface area contributed by atoms with Gasteiger partial charge in [0.25, 0.3) is 0 Å². The Labute approximate surface area is 132 Å². The van der Waals surface area contributed by atoms with E-state index >= 15 is 0 Å². The third-order valence-corrected chi connectivity index (χ3v) is 4.51. The van der Waals surface area contributed by atoms with Gasteiger partial charge in [0.2, 0.25) is 0 Å². The third kappa shape index (κ3) is 3.12. The van der Waals surface area contributed by atoms with Crippen LogP contribution in [0.3, 0.4) is 0 Å². The van der Waals surface area contributed by atoms with Crippen LogP contribution in [0.5, 0.6) is 5.75 Å². The van der Waals surface area contributed by atoms with Crippen LogP contribution in [0.4, 0.5) is 5.69 Å². The molecule has 4 nitrogen and oxygen atoms in total. The van der Waals surface area contributed by atoms with Gasteiger partial charge in [0, 0.05) is 12.1 Å². The van der Waals surface area contributed by atoms with E-state index in [4.69, 9.17) is 4.74 Å². The molecule has 4 heteroatoms. The number of rotatable bonds is 4. The van der Waals surface area contributed by atoms with Crippen LogP contribution in [-0.4, -0.2) is 37.6 Å². The minimum atomic E-state index is -0.0187. The van der Waals surface area contributed by atoms with Crippen molar-refractivity contribution in [2.45, 2.75) is 51.7 Å². The van der Waals surface area contributed by atoms with Gasteiger partial charge in [-0.2, -0.15) is 0 Å². The molecule has 22 heavy (non-hydrogen) atoms. The fraction of sp³-hybridized carbons (Fsp3) is 0.611. The van der Waals surface area contributed by atoms with Crippen molar-refractivity contribution in [2.24, 2.45) is 0 Å². The summed E-state index contributed by atoms with van der Waals surface area (Å²) in [5.74, 6) is 1.12. The summed E-state index contributed by atoms with van der Waals surface area (Å²) in [6.45, 7) is 7.11. The highest BCUT2D eigenvalue weighted by atomic mass is 16.5. The molecule has 0 bridgehead atoms. The second-order valence-electron chi connectivity index (χ2n) is 6.42. The maximum atomic E-state index is 12.7. The zero-order valence-electron chi connectivity index (χ0n) is 13.6. The van der Waals surface area contributed by atoms with Crippen LogP contribution in [0.15, 0.2) is 18.2 Å². The summed E-state index contributed by atoms with van der Waals surface area (Å²) >= 11 is 0. The monoisotopic (exact) mass is 302 g/mol. The molecule has 1 aromatic rings. The standard InChI is InChI=1S/C18H26N2O2/c1-3-10-20-12-13(2)22-17-8-7-14(11-16(17)20)18(21)15-6-4-5-9-19-15/h7-8,11,13,15,19H,3-6,9-10,12H2,1-2H3. The Morgan fingerprint density at radius 3 is 3.00 bits per heavy atom. The quantitative estimate of drug-likeness (QED) is 0.868. The average Bonchev–Trinajstić information content (AvgIpc) is 2.55. The number of nitrogens with one attached hydrogen (secondary N) is 1. The van der Waals surface area contributed by atoms with E-state index < -0.39 is 0 Å². The van der Waals surface area contributed by atoms with Crippen molar-refractivity contribution in [3.05, 3.63) is 23.8 Å². The van der Waals surface area contributed by atoms with E-state index in [0.717, 1.165) is 55.9 Å². The van der Waals surface area contributed by atoms with Gasteiger partial charge in [0.1, 0.15) is 11.9 Å². The van der Waals surface area contributed by atoms with Crippen molar-refractivity contribution < 1.29 is 9.53 Å². The van der Waals surface area contributed by atoms with Crippen molar-refractivity contribution in [2.75, 3.05) is 24.5 Å². The van der Waals surface area contributed by atoms with Crippen molar-refractivity contribution in [3.8, 4) is 5.75 Å². The first-order valence-electron chi connectivity index (χ1n) is 8.52. The topological polar surface area (TPSA) is 41.6 Å². The van der Waals surface area contributed by atoms with E-state index in [-0.39, 0.29) is 17.9 Å². The molecule has 2 aliphatic rings. The Morgan fingerprint density at radius 2 is 2.27 bits per heavy atom. The highest BCUT2D eigenvalue weighted by Crippen LogP contribution is 2.34. The second-order valence-corrected chi connectivity index (χ2v) is 6.42. The molecule has 1 N–H and O–H groups in total. The molecule has 0 spiro atoms. The molecule has 0 aliphatic carbocycles. The Kier molecular flexibility index (Phi) is 4.67. The fourth-order valence-corrected chi connectivity index (χ4v) is 3.44. The zero-order chi connectivity index (χ0) is 15.5. The van der Waals surface area contributed by atoms with E-state index in [2.05, 4.69) is 24.1 Å². The van der Waals surface area contributed by atoms with E-state index in [1.165, 1.54) is 6.42 Å². The molecule has 0 radical (unpaired) electrons. The SMILES string of the molecule is CCCN1CC(C)Oc2ccc(C(=O)C3CCCCN3)cc21. The van der Waals surface area contributed by atoms with Crippen LogP contribution in [0.25, 0.3) is 0 Å². The lowest BCUT2D eigenvalue weighted by atomic mass is 9.95.